The SMILES string of the molecule is C[C@@](O)(CO)c1ccc2c(c1)C(=O)N(Cc1ccc(Cl)cc1)[C@@]2(OCC1(CO)CC1)c1ccc(Cl)cc1. The van der Waals surface area contributed by atoms with E-state index in [-0.39, 0.29) is 31.1 Å². The van der Waals surface area contributed by atoms with Gasteiger partial charge in [0.2, 0.25) is 0 Å². The topological polar surface area (TPSA) is 90.2 Å². The van der Waals surface area contributed by atoms with Crippen molar-refractivity contribution in [3.8, 4) is 0 Å². The molecule has 0 bridgehead atoms. The molecular weight excluding hydrogens is 513 g/mol. The van der Waals surface area contributed by atoms with Crippen molar-refractivity contribution in [2.45, 2.75) is 37.6 Å². The van der Waals surface area contributed by atoms with Gasteiger partial charge in [-0.1, -0.05) is 59.6 Å². The van der Waals surface area contributed by atoms with Gasteiger partial charge in [0.25, 0.3) is 5.91 Å². The summed E-state index contributed by atoms with van der Waals surface area (Å²) in [7, 11) is 0. The first-order chi connectivity index (χ1) is 17.6. The molecule has 37 heavy (non-hydrogen) atoms. The number of halogens is 2. The Bertz CT molecular complexity index is 1300. The molecule has 0 aromatic heterocycles. The average Bonchev–Trinajstić information content (AvgIpc) is 3.65. The largest absolute Gasteiger partial charge is 0.396 e. The van der Waals surface area contributed by atoms with Crippen LogP contribution in [0.2, 0.25) is 10.0 Å². The molecule has 0 saturated heterocycles. The molecular formula is C29H29Cl2NO5. The fourth-order valence-corrected chi connectivity index (χ4v) is 5.09. The second-order valence-electron chi connectivity index (χ2n) is 10.3. The summed E-state index contributed by atoms with van der Waals surface area (Å²) in [5.74, 6) is -0.274. The molecule has 0 radical (unpaired) electrons. The first kappa shape index (κ1) is 26.2. The monoisotopic (exact) mass is 541 g/mol. The van der Waals surface area contributed by atoms with Crippen LogP contribution in [0.5, 0.6) is 0 Å². The van der Waals surface area contributed by atoms with E-state index in [1.807, 2.05) is 24.3 Å². The minimum Gasteiger partial charge on any atom is -0.396 e. The number of benzene rings is 3. The van der Waals surface area contributed by atoms with E-state index in [0.29, 0.717) is 32.3 Å². The van der Waals surface area contributed by atoms with Crippen LogP contribution in [0.3, 0.4) is 0 Å². The second-order valence-corrected chi connectivity index (χ2v) is 11.2. The number of carbonyl (C=O) groups excluding carboxylic acids is 1. The predicted molar refractivity (Wildman–Crippen MR) is 141 cm³/mol. The first-order valence-electron chi connectivity index (χ1n) is 12.2. The van der Waals surface area contributed by atoms with Crippen LogP contribution in [0.4, 0.5) is 0 Å². The van der Waals surface area contributed by atoms with Gasteiger partial charge in [-0.2, -0.15) is 0 Å². The van der Waals surface area contributed by atoms with E-state index in [0.717, 1.165) is 18.4 Å². The van der Waals surface area contributed by atoms with Crippen LogP contribution >= 0.6 is 23.2 Å². The van der Waals surface area contributed by atoms with E-state index >= 15 is 0 Å². The van der Waals surface area contributed by atoms with E-state index < -0.39 is 17.9 Å². The van der Waals surface area contributed by atoms with Crippen LogP contribution in [-0.2, 0) is 22.6 Å². The number of amides is 1. The number of fused-ring (bicyclic) bond motifs is 1. The highest BCUT2D eigenvalue weighted by Crippen LogP contribution is 2.51. The molecule has 1 saturated carbocycles. The summed E-state index contributed by atoms with van der Waals surface area (Å²) in [6.45, 7) is 1.49. The van der Waals surface area contributed by atoms with Crippen LogP contribution in [0.15, 0.2) is 66.7 Å². The number of rotatable bonds is 9. The van der Waals surface area contributed by atoms with E-state index in [2.05, 4.69) is 0 Å². The van der Waals surface area contributed by atoms with E-state index in [4.69, 9.17) is 27.9 Å². The van der Waals surface area contributed by atoms with Crippen molar-refractivity contribution in [2.24, 2.45) is 5.41 Å². The lowest BCUT2D eigenvalue weighted by Crippen LogP contribution is -2.47. The van der Waals surface area contributed by atoms with Gasteiger partial charge < -0.3 is 20.1 Å². The first-order valence-corrected chi connectivity index (χ1v) is 13.0. The Hall–Kier alpha value is -2.45. The molecule has 3 aromatic rings. The van der Waals surface area contributed by atoms with Crippen LogP contribution in [-0.4, -0.2) is 45.9 Å². The standard InChI is InChI=1S/C29H29Cl2NO5/c1-27(36,16-33)21-6-11-25-24(14-21)26(35)32(15-19-2-7-22(30)8-3-19)29(25,20-4-9-23(31)10-5-20)37-18-28(17-34)12-13-28/h2-11,14,33-34,36H,12-13,15-18H2,1H3/t27-,29-/m1/s1. The molecule has 0 unspecified atom stereocenters. The number of aliphatic hydroxyl groups is 3. The molecule has 1 fully saturated rings. The van der Waals surface area contributed by atoms with Crippen molar-refractivity contribution in [1.82, 2.24) is 4.90 Å². The summed E-state index contributed by atoms with van der Waals surface area (Å²) in [4.78, 5) is 15.8. The van der Waals surface area contributed by atoms with Crippen LogP contribution < -0.4 is 0 Å². The molecule has 1 aliphatic carbocycles. The molecule has 5 rings (SSSR count). The summed E-state index contributed by atoms with van der Waals surface area (Å²) in [5, 5.41) is 31.6. The van der Waals surface area contributed by atoms with Gasteiger partial charge in [0.05, 0.1) is 19.8 Å². The van der Waals surface area contributed by atoms with E-state index in [1.54, 1.807) is 47.4 Å². The molecule has 8 heteroatoms. The smallest absolute Gasteiger partial charge is 0.257 e. The lowest BCUT2D eigenvalue weighted by molar-refractivity contribution is -0.128. The molecule has 1 amide bonds. The van der Waals surface area contributed by atoms with Crippen molar-refractivity contribution < 1.29 is 24.9 Å². The number of carbonyl (C=O) groups is 1. The number of ether oxygens (including phenoxy) is 1. The van der Waals surface area contributed by atoms with Crippen molar-refractivity contribution in [3.63, 3.8) is 0 Å². The van der Waals surface area contributed by atoms with Gasteiger partial charge >= 0.3 is 0 Å². The number of aliphatic hydroxyl groups excluding tert-OH is 2. The fraction of sp³-hybridized carbons (Fsp3) is 0.345. The van der Waals surface area contributed by atoms with Gasteiger partial charge in [0.15, 0.2) is 5.72 Å². The average molecular weight is 542 g/mol. The summed E-state index contributed by atoms with van der Waals surface area (Å²) in [5.41, 5.74) is -0.148. The van der Waals surface area contributed by atoms with Crippen molar-refractivity contribution in [3.05, 3.63) is 105 Å². The number of hydrogen-bond acceptors (Lipinski definition) is 5. The Labute approximate surface area is 226 Å². The third-order valence-corrected chi connectivity index (χ3v) is 8.04. The molecule has 3 N–H and O–H groups in total. The lowest BCUT2D eigenvalue weighted by atomic mass is 9.88. The molecule has 1 aliphatic heterocycles. The zero-order valence-corrected chi connectivity index (χ0v) is 22.0. The minimum atomic E-state index is -1.52. The molecule has 6 nitrogen and oxygen atoms in total. The zero-order chi connectivity index (χ0) is 26.4. The normalized spacial score (nSPS) is 21.6. The highest BCUT2D eigenvalue weighted by molar-refractivity contribution is 6.30. The molecule has 0 spiro atoms. The lowest BCUT2D eigenvalue weighted by Gasteiger charge is -2.40. The Morgan fingerprint density at radius 1 is 0.973 bits per heavy atom. The maximum Gasteiger partial charge on any atom is 0.257 e. The summed E-state index contributed by atoms with van der Waals surface area (Å²) < 4.78 is 6.76. The summed E-state index contributed by atoms with van der Waals surface area (Å²) >= 11 is 12.3. The third-order valence-electron chi connectivity index (χ3n) is 7.54. The van der Waals surface area contributed by atoms with Crippen LogP contribution in [0, 0.1) is 5.41 Å². The Balaban J connectivity index is 1.70. The number of hydrogen-bond donors (Lipinski definition) is 3. The quantitative estimate of drug-likeness (QED) is 0.360. The van der Waals surface area contributed by atoms with Gasteiger partial charge in [0, 0.05) is 38.7 Å². The fourth-order valence-electron chi connectivity index (χ4n) is 4.84. The number of nitrogens with zero attached hydrogens (tertiary/aromatic N) is 1. The Morgan fingerprint density at radius 3 is 2.16 bits per heavy atom. The van der Waals surface area contributed by atoms with Crippen molar-refractivity contribution in [1.29, 1.82) is 0 Å². The van der Waals surface area contributed by atoms with Gasteiger partial charge in [-0.05, 0) is 61.2 Å². The molecule has 2 atom stereocenters. The maximum atomic E-state index is 14.1. The maximum absolute atomic E-state index is 14.1. The summed E-state index contributed by atoms with van der Waals surface area (Å²) in [6.07, 6.45) is 1.69. The minimum absolute atomic E-state index is 0.00000924. The molecule has 194 valence electrons. The van der Waals surface area contributed by atoms with Crippen molar-refractivity contribution in [2.75, 3.05) is 19.8 Å². The molecule has 2 aliphatic rings. The second kappa shape index (κ2) is 9.70. The Kier molecular flexibility index (Phi) is 6.86. The highest BCUT2D eigenvalue weighted by atomic mass is 35.5. The van der Waals surface area contributed by atoms with Crippen LogP contribution in [0.25, 0.3) is 0 Å². The van der Waals surface area contributed by atoms with Gasteiger partial charge in [-0.25, -0.2) is 0 Å². The summed E-state index contributed by atoms with van der Waals surface area (Å²) in [6, 6.07) is 19.6. The van der Waals surface area contributed by atoms with E-state index in [1.165, 1.54) is 6.92 Å². The third kappa shape index (κ3) is 4.67. The molecule has 3 aromatic carbocycles. The van der Waals surface area contributed by atoms with Crippen molar-refractivity contribution >= 4 is 29.1 Å². The van der Waals surface area contributed by atoms with Crippen LogP contribution in [0.1, 0.15) is 52.4 Å². The highest BCUT2D eigenvalue weighted by Gasteiger charge is 2.55. The zero-order valence-electron chi connectivity index (χ0n) is 20.5. The predicted octanol–water partition coefficient (Wildman–Crippen LogP) is 4.84. The van der Waals surface area contributed by atoms with Gasteiger partial charge in [-0.15, -0.1) is 0 Å². The Morgan fingerprint density at radius 2 is 1.59 bits per heavy atom. The molecule has 1 heterocycles. The van der Waals surface area contributed by atoms with E-state index in [9.17, 15) is 20.1 Å². The van der Waals surface area contributed by atoms with Gasteiger partial charge in [0.1, 0.15) is 5.60 Å². The van der Waals surface area contributed by atoms with Gasteiger partial charge in [-0.3, -0.25) is 9.69 Å².